The molecule has 1 N–H and O–H groups in total. The number of aromatic carboxylic acids is 1. The summed E-state index contributed by atoms with van der Waals surface area (Å²) in [6, 6.07) is 9.09. The lowest BCUT2D eigenvalue weighted by atomic mass is 10.1. The number of methoxy groups -OCH3 is 1. The Morgan fingerprint density at radius 2 is 2.11 bits per heavy atom. The Hall–Kier alpha value is -1.59. The number of ether oxygens (including phenoxy) is 1. The van der Waals surface area contributed by atoms with Crippen molar-refractivity contribution in [1.82, 2.24) is 0 Å². The first-order chi connectivity index (χ1) is 9.11. The Morgan fingerprint density at radius 3 is 2.68 bits per heavy atom. The van der Waals surface area contributed by atoms with Gasteiger partial charge in [-0.3, -0.25) is 0 Å². The number of rotatable bonds is 4. The fourth-order valence-corrected chi connectivity index (χ4v) is 3.00. The van der Waals surface area contributed by atoms with Gasteiger partial charge in [0, 0.05) is 4.88 Å². The molecule has 5 heteroatoms. The summed E-state index contributed by atoms with van der Waals surface area (Å²) in [6.45, 7) is 0. The topological polar surface area (TPSA) is 46.5 Å². The number of hydrogen-bond acceptors (Lipinski definition) is 3. The van der Waals surface area contributed by atoms with Crippen LogP contribution in [-0.4, -0.2) is 18.2 Å². The van der Waals surface area contributed by atoms with E-state index in [0.717, 1.165) is 8.66 Å². The maximum atomic E-state index is 11.3. The fraction of sp³-hybridized carbons (Fsp3) is 0.0714. The van der Waals surface area contributed by atoms with Crippen LogP contribution in [-0.2, 0) is 0 Å². The van der Waals surface area contributed by atoms with Crippen molar-refractivity contribution in [3.05, 3.63) is 50.1 Å². The van der Waals surface area contributed by atoms with Crippen LogP contribution in [0.3, 0.4) is 0 Å². The Balaban J connectivity index is 2.39. The lowest BCUT2D eigenvalue weighted by Crippen LogP contribution is -2.02. The number of benzene rings is 1. The van der Waals surface area contributed by atoms with Gasteiger partial charge < -0.3 is 9.84 Å². The molecule has 19 heavy (non-hydrogen) atoms. The third kappa shape index (κ3) is 3.24. The second kappa shape index (κ2) is 6.04. The highest BCUT2D eigenvalue weighted by Crippen LogP contribution is 2.26. The summed E-state index contributed by atoms with van der Waals surface area (Å²) in [5.41, 5.74) is 0.799. The number of carboxylic acid groups (broad SMARTS) is 1. The fourth-order valence-electron chi connectivity index (χ4n) is 1.68. The molecule has 0 aliphatic rings. The minimum atomic E-state index is -0.996. The second-order valence-corrected chi connectivity index (χ2v) is 6.20. The number of carbonyl (C=O) groups is 1. The van der Waals surface area contributed by atoms with Crippen LogP contribution in [0.2, 0.25) is 0 Å². The van der Waals surface area contributed by atoms with Crippen molar-refractivity contribution < 1.29 is 14.6 Å². The molecule has 0 unspecified atom stereocenters. The van der Waals surface area contributed by atoms with E-state index in [4.69, 9.17) is 4.74 Å². The zero-order valence-corrected chi connectivity index (χ0v) is 12.5. The van der Waals surface area contributed by atoms with E-state index in [1.54, 1.807) is 35.6 Å². The molecular formula is C14H11BrO3S. The average molecular weight is 339 g/mol. The van der Waals surface area contributed by atoms with Gasteiger partial charge in [0.15, 0.2) is 0 Å². The predicted molar refractivity (Wildman–Crippen MR) is 80.9 cm³/mol. The monoisotopic (exact) mass is 338 g/mol. The average Bonchev–Trinajstić information content (AvgIpc) is 2.81. The molecule has 0 atom stereocenters. The number of hydrogen-bond donors (Lipinski definition) is 1. The molecular weight excluding hydrogens is 328 g/mol. The molecule has 98 valence electrons. The number of thiophene rings is 1. The van der Waals surface area contributed by atoms with Gasteiger partial charge in [-0.05, 0) is 45.8 Å². The highest BCUT2D eigenvalue weighted by molar-refractivity contribution is 9.11. The van der Waals surface area contributed by atoms with E-state index < -0.39 is 5.97 Å². The summed E-state index contributed by atoms with van der Waals surface area (Å²) in [5.74, 6) is -0.633. The van der Waals surface area contributed by atoms with Gasteiger partial charge >= 0.3 is 5.97 Å². The molecule has 1 heterocycles. The lowest BCUT2D eigenvalue weighted by molar-refractivity contribution is 0.0693. The molecule has 0 spiro atoms. The molecule has 0 amide bonds. The Labute approximate surface area is 123 Å². The molecule has 2 rings (SSSR count). The molecule has 0 aliphatic carbocycles. The first-order valence-corrected chi connectivity index (χ1v) is 7.06. The Morgan fingerprint density at radius 1 is 1.32 bits per heavy atom. The number of carboxylic acids is 1. The molecule has 0 radical (unpaired) electrons. The van der Waals surface area contributed by atoms with Crippen molar-refractivity contribution in [1.29, 1.82) is 0 Å². The smallest absolute Gasteiger partial charge is 0.340 e. The minimum absolute atomic E-state index is 0.178. The van der Waals surface area contributed by atoms with Crippen LogP contribution in [0.15, 0.2) is 34.1 Å². The quantitative estimate of drug-likeness (QED) is 0.899. The maximum Gasteiger partial charge on any atom is 0.340 e. The zero-order chi connectivity index (χ0) is 13.8. The maximum absolute atomic E-state index is 11.3. The van der Waals surface area contributed by atoms with E-state index in [9.17, 15) is 9.90 Å². The van der Waals surface area contributed by atoms with Gasteiger partial charge in [-0.2, -0.15) is 0 Å². The third-order valence-corrected chi connectivity index (χ3v) is 4.10. The van der Waals surface area contributed by atoms with Crippen LogP contribution >= 0.6 is 27.3 Å². The number of halogens is 1. The van der Waals surface area contributed by atoms with Crippen LogP contribution in [0.5, 0.6) is 5.75 Å². The molecule has 2 aromatic rings. The SMILES string of the molecule is COc1cccc(C=Cc2ccc(Br)s2)c1C(=O)O. The van der Waals surface area contributed by atoms with Gasteiger partial charge in [-0.25, -0.2) is 4.79 Å². The van der Waals surface area contributed by atoms with Crippen molar-refractivity contribution >= 4 is 45.4 Å². The summed E-state index contributed by atoms with van der Waals surface area (Å²) in [6.07, 6.45) is 3.67. The molecule has 0 aliphatic heterocycles. The lowest BCUT2D eigenvalue weighted by Gasteiger charge is -2.07. The van der Waals surface area contributed by atoms with Crippen LogP contribution in [0.1, 0.15) is 20.8 Å². The van der Waals surface area contributed by atoms with Gasteiger partial charge in [0.25, 0.3) is 0 Å². The largest absolute Gasteiger partial charge is 0.496 e. The first-order valence-electron chi connectivity index (χ1n) is 5.45. The summed E-state index contributed by atoms with van der Waals surface area (Å²) < 4.78 is 6.12. The van der Waals surface area contributed by atoms with Gasteiger partial charge in [-0.1, -0.05) is 18.2 Å². The van der Waals surface area contributed by atoms with Crippen LogP contribution in [0, 0.1) is 0 Å². The summed E-state index contributed by atoms with van der Waals surface area (Å²) in [7, 11) is 1.46. The zero-order valence-electron chi connectivity index (χ0n) is 10.1. The molecule has 0 fully saturated rings. The van der Waals surface area contributed by atoms with Crippen molar-refractivity contribution in [2.45, 2.75) is 0 Å². The van der Waals surface area contributed by atoms with E-state index in [-0.39, 0.29) is 5.56 Å². The predicted octanol–water partition coefficient (Wildman–Crippen LogP) is 4.39. The Bertz CT molecular complexity index is 631. The summed E-state index contributed by atoms with van der Waals surface area (Å²) in [4.78, 5) is 12.3. The van der Waals surface area contributed by atoms with E-state index >= 15 is 0 Å². The van der Waals surface area contributed by atoms with Crippen molar-refractivity contribution in [3.8, 4) is 5.75 Å². The molecule has 1 aromatic heterocycles. The molecule has 0 saturated heterocycles. The van der Waals surface area contributed by atoms with Crippen molar-refractivity contribution in [2.24, 2.45) is 0 Å². The van der Waals surface area contributed by atoms with Gasteiger partial charge in [0.05, 0.1) is 10.9 Å². The van der Waals surface area contributed by atoms with Crippen LogP contribution in [0.4, 0.5) is 0 Å². The van der Waals surface area contributed by atoms with Gasteiger partial charge in [0.1, 0.15) is 11.3 Å². The van der Waals surface area contributed by atoms with Crippen LogP contribution in [0.25, 0.3) is 12.2 Å². The van der Waals surface area contributed by atoms with Crippen molar-refractivity contribution in [2.75, 3.05) is 7.11 Å². The molecule has 3 nitrogen and oxygen atoms in total. The molecule has 0 saturated carbocycles. The highest BCUT2D eigenvalue weighted by Gasteiger charge is 2.14. The van der Waals surface area contributed by atoms with Gasteiger partial charge in [-0.15, -0.1) is 11.3 Å². The molecule has 1 aromatic carbocycles. The van der Waals surface area contributed by atoms with Gasteiger partial charge in [0.2, 0.25) is 0 Å². The highest BCUT2D eigenvalue weighted by atomic mass is 79.9. The van der Waals surface area contributed by atoms with E-state index in [2.05, 4.69) is 15.9 Å². The Kier molecular flexibility index (Phi) is 4.39. The minimum Gasteiger partial charge on any atom is -0.496 e. The van der Waals surface area contributed by atoms with E-state index in [1.807, 2.05) is 18.2 Å². The van der Waals surface area contributed by atoms with E-state index in [0.29, 0.717) is 11.3 Å². The summed E-state index contributed by atoms with van der Waals surface area (Å²) >= 11 is 4.97. The van der Waals surface area contributed by atoms with Crippen molar-refractivity contribution in [3.63, 3.8) is 0 Å². The standard InChI is InChI=1S/C14H11BrO3S/c1-18-11-4-2-3-9(13(11)14(16)17)5-6-10-7-8-12(15)19-10/h2-8H,1H3,(H,16,17). The normalized spacial score (nSPS) is 10.8. The summed E-state index contributed by atoms with van der Waals surface area (Å²) in [5, 5.41) is 9.26. The van der Waals surface area contributed by atoms with Crippen LogP contribution < -0.4 is 4.74 Å². The molecule has 0 bridgehead atoms. The van der Waals surface area contributed by atoms with E-state index in [1.165, 1.54) is 7.11 Å². The third-order valence-electron chi connectivity index (χ3n) is 2.51. The second-order valence-electron chi connectivity index (χ2n) is 3.70. The first kappa shape index (κ1) is 13.8.